The molecule has 0 heterocycles. The molecule has 0 amide bonds. The van der Waals surface area contributed by atoms with Crippen molar-refractivity contribution < 1.29 is 15.8 Å². The minimum atomic E-state index is -0.348. The Morgan fingerprint density at radius 3 is 1.40 bits per heavy atom. The molecule has 72 valence electrons. The van der Waals surface area contributed by atoms with Crippen molar-refractivity contribution in [3.8, 4) is 0 Å². The second kappa shape index (κ2) is 7.30. The molecule has 0 N–H and O–H groups in total. The SMILES string of the molecule is c1ccc([Te][Cd][Te]c2ccccc2)cc1. The summed E-state index contributed by atoms with van der Waals surface area (Å²) in [6.45, 7) is 0. The molecule has 0 bridgehead atoms. The van der Waals surface area contributed by atoms with Crippen molar-refractivity contribution in [2.75, 3.05) is 0 Å². The van der Waals surface area contributed by atoms with Crippen LogP contribution in [0.5, 0.6) is 0 Å². The van der Waals surface area contributed by atoms with E-state index >= 15 is 0 Å². The summed E-state index contributed by atoms with van der Waals surface area (Å²) in [5.41, 5.74) is 0. The Morgan fingerprint density at radius 1 is 0.600 bits per heavy atom. The summed E-state index contributed by atoms with van der Waals surface area (Å²) >= 11 is 0.235. The zero-order chi connectivity index (χ0) is 10.3. The third-order valence-electron chi connectivity index (χ3n) is 1.94. The average molecular weight is 522 g/mol. The van der Waals surface area contributed by atoms with Gasteiger partial charge in [-0.05, 0) is 0 Å². The first-order valence-electron chi connectivity index (χ1n) is 4.81. The van der Waals surface area contributed by atoms with Crippen LogP contribution in [0.4, 0.5) is 0 Å². The fraction of sp³-hybridized carbons (Fsp3) is 0. The molecule has 0 aliphatic rings. The van der Waals surface area contributed by atoms with E-state index < -0.39 is 0 Å². The van der Waals surface area contributed by atoms with E-state index in [0.717, 1.165) is 0 Å². The van der Waals surface area contributed by atoms with Crippen LogP contribution in [0.15, 0.2) is 60.7 Å². The normalized spacial score (nSPS) is 9.60. The second-order valence-corrected chi connectivity index (χ2v) is 53.9. The van der Waals surface area contributed by atoms with Crippen molar-refractivity contribution in [1.29, 1.82) is 0 Å². The molecule has 0 fully saturated rings. The Labute approximate surface area is 114 Å². The van der Waals surface area contributed by atoms with Gasteiger partial charge in [0, 0.05) is 0 Å². The summed E-state index contributed by atoms with van der Waals surface area (Å²) in [5.74, 6) is 0. The van der Waals surface area contributed by atoms with Gasteiger partial charge in [0.15, 0.2) is 0 Å². The molecule has 0 saturated carbocycles. The third kappa shape index (κ3) is 4.75. The van der Waals surface area contributed by atoms with Crippen LogP contribution in [-0.2, 0) is 15.8 Å². The van der Waals surface area contributed by atoms with Gasteiger partial charge >= 0.3 is 116 Å². The maximum absolute atomic E-state index is 2.33. The van der Waals surface area contributed by atoms with Crippen molar-refractivity contribution in [3.05, 3.63) is 60.7 Å². The molecule has 0 atom stereocenters. The van der Waals surface area contributed by atoms with Gasteiger partial charge in [-0.15, -0.1) is 0 Å². The van der Waals surface area contributed by atoms with Gasteiger partial charge in [-0.25, -0.2) is 0 Å². The number of hydrogen-bond donors (Lipinski definition) is 0. The fourth-order valence-electron chi connectivity index (χ4n) is 1.20. The quantitative estimate of drug-likeness (QED) is 0.526. The predicted octanol–water partition coefficient (Wildman–Crippen LogP) is 0.958. The molecule has 0 spiro atoms. The monoisotopic (exact) mass is 528 g/mol. The van der Waals surface area contributed by atoms with E-state index in [1.54, 1.807) is 7.22 Å². The van der Waals surface area contributed by atoms with Crippen LogP contribution in [0.3, 0.4) is 0 Å². The molecule has 2 aromatic rings. The Hall–Kier alpha value is 0.941. The first-order valence-corrected chi connectivity index (χ1v) is 32.5. The summed E-state index contributed by atoms with van der Waals surface area (Å²) in [4.78, 5) is 0. The van der Waals surface area contributed by atoms with E-state index in [0.29, 0.717) is 32.3 Å². The summed E-state index contributed by atoms with van der Waals surface area (Å²) in [5, 5.41) is 0. The number of benzene rings is 2. The third-order valence-corrected chi connectivity index (χ3v) is 53.6. The van der Waals surface area contributed by atoms with E-state index in [1.165, 1.54) is 0 Å². The molecule has 0 aliphatic carbocycles. The van der Waals surface area contributed by atoms with Gasteiger partial charge in [-0.3, -0.25) is 0 Å². The molecular formula is C12H10CdTe2. The first-order chi connectivity index (χ1) is 7.45. The van der Waals surface area contributed by atoms with Gasteiger partial charge in [0.2, 0.25) is 0 Å². The zero-order valence-electron chi connectivity index (χ0n) is 8.30. The molecule has 15 heavy (non-hydrogen) atoms. The van der Waals surface area contributed by atoms with Crippen LogP contribution < -0.4 is 7.22 Å². The minimum absolute atomic E-state index is 0.291. The van der Waals surface area contributed by atoms with Gasteiger partial charge in [0.05, 0.1) is 0 Å². The molecule has 0 radical (unpaired) electrons. The Bertz CT molecular complexity index is 349. The first kappa shape index (κ1) is 12.4. The summed E-state index contributed by atoms with van der Waals surface area (Å²) in [6, 6.07) is 22.3. The Kier molecular flexibility index (Phi) is 6.04. The van der Waals surface area contributed by atoms with Gasteiger partial charge in [0.25, 0.3) is 0 Å². The van der Waals surface area contributed by atoms with Gasteiger partial charge in [-0.2, -0.15) is 0 Å². The van der Waals surface area contributed by atoms with Crippen LogP contribution in [0.1, 0.15) is 0 Å². The molecule has 0 aliphatic heterocycles. The molecule has 0 nitrogen and oxygen atoms in total. The van der Waals surface area contributed by atoms with Gasteiger partial charge in [0.1, 0.15) is 0 Å². The van der Waals surface area contributed by atoms with Gasteiger partial charge in [-0.1, -0.05) is 0 Å². The summed E-state index contributed by atoms with van der Waals surface area (Å²) in [7, 11) is 0. The zero-order valence-corrected chi connectivity index (χ0v) is 17.0. The van der Waals surface area contributed by atoms with E-state index in [2.05, 4.69) is 60.7 Å². The van der Waals surface area contributed by atoms with Crippen molar-refractivity contribution in [2.45, 2.75) is 0 Å². The molecule has 3 heteroatoms. The molecule has 0 unspecified atom stereocenters. The molecule has 0 saturated heterocycles. The van der Waals surface area contributed by atoms with Crippen LogP contribution in [0, 0.1) is 0 Å². The number of rotatable bonds is 4. The predicted molar refractivity (Wildman–Crippen MR) is 63.7 cm³/mol. The molecular weight excluding hydrogens is 512 g/mol. The maximum atomic E-state index is 2.33. The van der Waals surface area contributed by atoms with Crippen molar-refractivity contribution in [1.82, 2.24) is 0 Å². The van der Waals surface area contributed by atoms with E-state index in [-0.39, 0.29) is 15.8 Å². The second-order valence-electron chi connectivity index (χ2n) is 3.03. The molecule has 2 rings (SSSR count). The van der Waals surface area contributed by atoms with Crippen LogP contribution in [-0.4, -0.2) is 32.3 Å². The van der Waals surface area contributed by atoms with Crippen LogP contribution in [0.25, 0.3) is 0 Å². The Morgan fingerprint density at radius 2 is 1.00 bits per heavy atom. The van der Waals surface area contributed by atoms with E-state index in [9.17, 15) is 0 Å². The average Bonchev–Trinajstić information content (AvgIpc) is 2.32. The summed E-state index contributed by atoms with van der Waals surface area (Å²) in [6.07, 6.45) is 0. The van der Waals surface area contributed by atoms with Crippen LogP contribution in [0.2, 0.25) is 0 Å². The van der Waals surface area contributed by atoms with Crippen molar-refractivity contribution >= 4 is 39.5 Å². The van der Waals surface area contributed by atoms with Crippen LogP contribution >= 0.6 is 0 Å². The standard InChI is InChI=1S/2C6H6Te.Cd/c2*7-6-4-2-1-3-5-6;/h2*1-5,7H;/q;;+2/p-2. The number of hydrogen-bond acceptors (Lipinski definition) is 0. The topological polar surface area (TPSA) is 0 Å². The van der Waals surface area contributed by atoms with E-state index in [1.807, 2.05) is 0 Å². The fourth-order valence-corrected chi connectivity index (χ4v) is 60.4. The molecule has 2 aromatic carbocycles. The Balaban J connectivity index is 1.81. The molecule has 0 aromatic heterocycles. The van der Waals surface area contributed by atoms with Gasteiger partial charge < -0.3 is 0 Å². The van der Waals surface area contributed by atoms with E-state index in [4.69, 9.17) is 0 Å². The van der Waals surface area contributed by atoms with Crippen molar-refractivity contribution in [3.63, 3.8) is 0 Å². The summed E-state index contributed by atoms with van der Waals surface area (Å²) < 4.78 is 3.39. The van der Waals surface area contributed by atoms with Crippen molar-refractivity contribution in [2.24, 2.45) is 0 Å².